The van der Waals surface area contributed by atoms with E-state index in [1.807, 2.05) is 6.07 Å². The molecule has 0 saturated heterocycles. The first kappa shape index (κ1) is 18.4. The Bertz CT molecular complexity index is 221. The zero-order valence-corrected chi connectivity index (χ0v) is 10.5. The molecule has 1 aromatic heterocycles. The second-order valence-electron chi connectivity index (χ2n) is 4.23. The van der Waals surface area contributed by atoms with E-state index in [-0.39, 0.29) is 0 Å². The molecule has 0 bridgehead atoms. The lowest BCUT2D eigenvalue weighted by Gasteiger charge is -2.31. The molecule has 0 unspecified atom stereocenters. The third-order valence-corrected chi connectivity index (χ3v) is 1.90. The van der Waals surface area contributed by atoms with Gasteiger partial charge in [-0.1, -0.05) is 0 Å². The maximum atomic E-state index is 9.10. The van der Waals surface area contributed by atoms with Gasteiger partial charge in [-0.25, -0.2) is 0 Å². The SMILES string of the molecule is CC(C)(O)C(C)(C)O.OB(O)O.c1cn[nH]c1. The van der Waals surface area contributed by atoms with Crippen molar-refractivity contribution in [2.75, 3.05) is 0 Å². The predicted molar refractivity (Wildman–Crippen MR) is 63.6 cm³/mol. The topological polar surface area (TPSA) is 130 Å². The lowest BCUT2D eigenvalue weighted by Crippen LogP contribution is -2.44. The van der Waals surface area contributed by atoms with Gasteiger partial charge in [0.15, 0.2) is 0 Å². The monoisotopic (exact) mass is 248 g/mol. The fourth-order valence-electron chi connectivity index (χ4n) is 0.215. The number of aromatic nitrogens is 2. The summed E-state index contributed by atoms with van der Waals surface area (Å²) in [4.78, 5) is 0. The zero-order chi connectivity index (χ0) is 14.1. The molecule has 0 spiro atoms. The number of H-pyrrole nitrogens is 1. The van der Waals surface area contributed by atoms with Crippen molar-refractivity contribution in [1.29, 1.82) is 0 Å². The van der Waals surface area contributed by atoms with Gasteiger partial charge in [-0.05, 0) is 33.8 Å². The van der Waals surface area contributed by atoms with Crippen molar-refractivity contribution in [3.63, 3.8) is 0 Å². The normalized spacial score (nSPS) is 10.6. The summed E-state index contributed by atoms with van der Waals surface area (Å²) in [5, 5.41) is 45.9. The molecular weight excluding hydrogens is 227 g/mol. The van der Waals surface area contributed by atoms with E-state index in [2.05, 4.69) is 10.2 Å². The molecule has 1 heterocycles. The summed E-state index contributed by atoms with van der Waals surface area (Å²) in [7, 11) is -2.17. The first-order chi connectivity index (χ1) is 7.48. The van der Waals surface area contributed by atoms with Gasteiger partial charge in [0, 0.05) is 12.4 Å². The maximum Gasteiger partial charge on any atom is 0.631 e. The molecule has 8 heteroatoms. The number of aliphatic hydroxyl groups is 2. The minimum atomic E-state index is -2.17. The van der Waals surface area contributed by atoms with E-state index < -0.39 is 18.5 Å². The summed E-state index contributed by atoms with van der Waals surface area (Å²) in [6.07, 6.45) is 3.46. The summed E-state index contributed by atoms with van der Waals surface area (Å²) >= 11 is 0. The summed E-state index contributed by atoms with van der Waals surface area (Å²) in [5.41, 5.74) is -2.01. The van der Waals surface area contributed by atoms with Crippen molar-refractivity contribution in [2.45, 2.75) is 38.9 Å². The van der Waals surface area contributed by atoms with Crippen LogP contribution in [-0.4, -0.2) is 54.0 Å². The molecule has 0 aliphatic carbocycles. The Morgan fingerprint density at radius 1 is 1.00 bits per heavy atom. The van der Waals surface area contributed by atoms with Crippen LogP contribution in [0.25, 0.3) is 0 Å². The van der Waals surface area contributed by atoms with Gasteiger partial charge in [0.1, 0.15) is 0 Å². The molecule has 6 N–H and O–H groups in total. The second kappa shape index (κ2) is 8.21. The van der Waals surface area contributed by atoms with Crippen LogP contribution >= 0.6 is 0 Å². The molecule has 17 heavy (non-hydrogen) atoms. The molecule has 0 saturated carbocycles. The summed E-state index contributed by atoms with van der Waals surface area (Å²) in [6, 6.07) is 1.83. The highest BCUT2D eigenvalue weighted by Gasteiger charge is 2.31. The summed E-state index contributed by atoms with van der Waals surface area (Å²) in [6.45, 7) is 6.31. The number of nitrogens with one attached hydrogen (secondary N) is 1. The molecule has 0 atom stereocenters. The molecule has 100 valence electrons. The van der Waals surface area contributed by atoms with E-state index in [4.69, 9.17) is 25.3 Å². The standard InChI is InChI=1S/C6H14O2.C3H4N2.BH3O3/c1-5(2,7)6(3,4)8;1-2-4-5-3-1;2-1(3)4/h7-8H,1-4H3;1-3H,(H,4,5);2-4H. The Balaban J connectivity index is 0. The van der Waals surface area contributed by atoms with Crippen molar-refractivity contribution >= 4 is 7.32 Å². The van der Waals surface area contributed by atoms with E-state index in [1.165, 1.54) is 0 Å². The Kier molecular flexibility index (Phi) is 8.90. The highest BCUT2D eigenvalue weighted by molar-refractivity contribution is 6.30. The first-order valence-corrected chi connectivity index (χ1v) is 4.91. The van der Waals surface area contributed by atoms with Gasteiger partial charge < -0.3 is 25.3 Å². The van der Waals surface area contributed by atoms with Crippen LogP contribution in [-0.2, 0) is 0 Å². The molecule has 0 radical (unpaired) electrons. The van der Waals surface area contributed by atoms with Crippen LogP contribution in [0.2, 0.25) is 0 Å². The van der Waals surface area contributed by atoms with Gasteiger partial charge >= 0.3 is 7.32 Å². The molecule has 0 amide bonds. The van der Waals surface area contributed by atoms with E-state index in [9.17, 15) is 0 Å². The Morgan fingerprint density at radius 2 is 1.35 bits per heavy atom. The first-order valence-electron chi connectivity index (χ1n) is 4.91. The molecule has 0 aromatic carbocycles. The van der Waals surface area contributed by atoms with Crippen LogP contribution in [0, 0.1) is 0 Å². The van der Waals surface area contributed by atoms with Crippen LogP contribution in [0.15, 0.2) is 18.5 Å². The van der Waals surface area contributed by atoms with Gasteiger partial charge in [0.2, 0.25) is 0 Å². The molecule has 0 aliphatic rings. The Hall–Kier alpha value is -0.925. The van der Waals surface area contributed by atoms with Crippen molar-refractivity contribution in [3.05, 3.63) is 18.5 Å². The van der Waals surface area contributed by atoms with Crippen molar-refractivity contribution < 1.29 is 25.3 Å². The Morgan fingerprint density at radius 3 is 1.41 bits per heavy atom. The fourth-order valence-corrected chi connectivity index (χ4v) is 0.215. The van der Waals surface area contributed by atoms with E-state index in [0.717, 1.165) is 0 Å². The number of hydrogen-bond donors (Lipinski definition) is 6. The molecule has 1 rings (SSSR count). The quantitative estimate of drug-likeness (QED) is 0.349. The minimum Gasteiger partial charge on any atom is -0.402 e. The molecule has 0 aliphatic heterocycles. The van der Waals surface area contributed by atoms with Gasteiger partial charge in [0.25, 0.3) is 0 Å². The average molecular weight is 248 g/mol. The van der Waals surface area contributed by atoms with Crippen molar-refractivity contribution in [2.24, 2.45) is 0 Å². The maximum absolute atomic E-state index is 9.10. The minimum absolute atomic E-state index is 1.01. The summed E-state index contributed by atoms with van der Waals surface area (Å²) in [5.74, 6) is 0. The summed E-state index contributed by atoms with van der Waals surface area (Å²) < 4.78 is 0. The smallest absolute Gasteiger partial charge is 0.402 e. The van der Waals surface area contributed by atoms with E-state index in [1.54, 1.807) is 40.1 Å². The second-order valence-corrected chi connectivity index (χ2v) is 4.23. The third kappa shape index (κ3) is 15.1. The van der Waals surface area contributed by atoms with Gasteiger partial charge in [-0.3, -0.25) is 5.10 Å². The molecule has 1 aromatic rings. The lowest BCUT2D eigenvalue weighted by atomic mass is 9.90. The largest absolute Gasteiger partial charge is 0.631 e. The van der Waals surface area contributed by atoms with Crippen LogP contribution in [0.3, 0.4) is 0 Å². The highest BCUT2D eigenvalue weighted by atomic mass is 16.5. The van der Waals surface area contributed by atoms with Crippen molar-refractivity contribution in [1.82, 2.24) is 10.2 Å². The highest BCUT2D eigenvalue weighted by Crippen LogP contribution is 2.19. The van der Waals surface area contributed by atoms with Crippen molar-refractivity contribution in [3.8, 4) is 0 Å². The van der Waals surface area contributed by atoms with Crippen LogP contribution in [0.4, 0.5) is 0 Å². The predicted octanol–water partition coefficient (Wildman–Crippen LogP) is -1.11. The fraction of sp³-hybridized carbons (Fsp3) is 0.667. The van der Waals surface area contributed by atoms with E-state index in [0.29, 0.717) is 0 Å². The van der Waals surface area contributed by atoms with Crippen LogP contribution < -0.4 is 0 Å². The molecular formula is C9H21BN2O5. The number of aromatic amines is 1. The Labute approximate surface area is 101 Å². The number of rotatable bonds is 1. The average Bonchev–Trinajstić information content (AvgIpc) is 2.53. The number of nitrogens with zero attached hydrogens (tertiary/aromatic N) is 1. The zero-order valence-electron chi connectivity index (χ0n) is 10.5. The lowest BCUT2D eigenvalue weighted by molar-refractivity contribution is -0.107. The van der Waals surface area contributed by atoms with Crippen LogP contribution in [0.1, 0.15) is 27.7 Å². The van der Waals surface area contributed by atoms with Gasteiger partial charge in [-0.2, -0.15) is 5.10 Å². The van der Waals surface area contributed by atoms with Crippen LogP contribution in [0.5, 0.6) is 0 Å². The van der Waals surface area contributed by atoms with Gasteiger partial charge in [-0.15, -0.1) is 0 Å². The number of hydrogen-bond acceptors (Lipinski definition) is 6. The third-order valence-electron chi connectivity index (χ3n) is 1.90. The molecule has 0 fully saturated rings. The van der Waals surface area contributed by atoms with Gasteiger partial charge in [0.05, 0.1) is 11.2 Å². The van der Waals surface area contributed by atoms with E-state index >= 15 is 0 Å². The molecule has 7 nitrogen and oxygen atoms in total.